The molecule has 2 aromatic carbocycles. The molecule has 0 saturated heterocycles. The zero-order chi connectivity index (χ0) is 24.3. The van der Waals surface area contributed by atoms with E-state index in [-0.39, 0.29) is 11.3 Å². The summed E-state index contributed by atoms with van der Waals surface area (Å²) in [6.45, 7) is 1.36. The Kier molecular flexibility index (Phi) is 6.22. The number of nitrogens with zero attached hydrogens (tertiary/aromatic N) is 3. The fourth-order valence-corrected chi connectivity index (χ4v) is 3.26. The smallest absolute Gasteiger partial charge is 0.416 e. The van der Waals surface area contributed by atoms with Crippen molar-refractivity contribution >= 4 is 17.4 Å². The van der Waals surface area contributed by atoms with Crippen LogP contribution >= 0.6 is 0 Å². The van der Waals surface area contributed by atoms with Gasteiger partial charge < -0.3 is 15.4 Å². The number of nitrogens with one attached hydrogen (secondary N) is 2. The molecule has 2 heterocycles. The van der Waals surface area contributed by atoms with E-state index >= 15 is 0 Å². The molecule has 7 nitrogen and oxygen atoms in total. The summed E-state index contributed by atoms with van der Waals surface area (Å²) in [7, 11) is 1.81. The van der Waals surface area contributed by atoms with E-state index < -0.39 is 17.8 Å². The van der Waals surface area contributed by atoms with Crippen molar-refractivity contribution in [1.82, 2.24) is 14.8 Å². The fourth-order valence-electron chi connectivity index (χ4n) is 3.26. The number of carbonyl (C=O) groups excluding carboxylic acids is 1. The van der Waals surface area contributed by atoms with Gasteiger partial charge in [0.1, 0.15) is 11.5 Å². The van der Waals surface area contributed by atoms with Crippen molar-refractivity contribution < 1.29 is 22.7 Å². The van der Waals surface area contributed by atoms with Crippen LogP contribution in [0.2, 0.25) is 0 Å². The summed E-state index contributed by atoms with van der Waals surface area (Å²) in [5, 5.41) is 9.15. The molecule has 0 spiro atoms. The summed E-state index contributed by atoms with van der Waals surface area (Å²) in [6.07, 6.45) is 0.639. The molecule has 0 aliphatic heterocycles. The number of carbonyl (C=O) groups is 1. The third-order valence-electron chi connectivity index (χ3n) is 4.86. The number of alkyl halides is 3. The SMILES string of the molecule is Cc1ccc(NC(=O)Nc2cccc(Oc3ccnc(-c4cnn(C)c4)c3)c2)cc1C(F)(F)F. The number of aromatic nitrogens is 3. The topological polar surface area (TPSA) is 81.1 Å². The first-order valence-corrected chi connectivity index (χ1v) is 10.2. The van der Waals surface area contributed by atoms with E-state index in [1.54, 1.807) is 53.5 Å². The van der Waals surface area contributed by atoms with Gasteiger partial charge in [0.25, 0.3) is 0 Å². The van der Waals surface area contributed by atoms with Crippen LogP contribution in [0.25, 0.3) is 11.3 Å². The quantitative estimate of drug-likeness (QED) is 0.364. The van der Waals surface area contributed by atoms with E-state index in [4.69, 9.17) is 4.74 Å². The Balaban J connectivity index is 1.44. The van der Waals surface area contributed by atoms with Crippen LogP contribution < -0.4 is 15.4 Å². The van der Waals surface area contributed by atoms with Gasteiger partial charge in [-0.25, -0.2) is 4.79 Å². The number of anilines is 2. The van der Waals surface area contributed by atoms with Gasteiger partial charge in [0.15, 0.2) is 0 Å². The molecule has 4 aromatic rings. The average molecular weight is 467 g/mol. The van der Waals surface area contributed by atoms with Gasteiger partial charge in [-0.3, -0.25) is 9.67 Å². The molecule has 2 amide bonds. The lowest BCUT2D eigenvalue weighted by molar-refractivity contribution is -0.138. The van der Waals surface area contributed by atoms with Crippen LogP contribution in [0.3, 0.4) is 0 Å². The van der Waals surface area contributed by atoms with Crippen LogP contribution in [0.15, 0.2) is 73.2 Å². The first-order valence-electron chi connectivity index (χ1n) is 10.2. The molecular weight excluding hydrogens is 447 g/mol. The Morgan fingerprint density at radius 3 is 2.44 bits per heavy atom. The summed E-state index contributed by atoms with van der Waals surface area (Å²) in [6, 6.07) is 13.0. The van der Waals surface area contributed by atoms with E-state index in [1.807, 2.05) is 13.2 Å². The Morgan fingerprint density at radius 2 is 1.74 bits per heavy atom. The van der Waals surface area contributed by atoms with Crippen molar-refractivity contribution in [2.75, 3.05) is 10.6 Å². The van der Waals surface area contributed by atoms with Gasteiger partial charge in [-0.15, -0.1) is 0 Å². The number of hydrogen-bond donors (Lipinski definition) is 2. The Bertz CT molecular complexity index is 1330. The zero-order valence-corrected chi connectivity index (χ0v) is 18.2. The van der Waals surface area contributed by atoms with Gasteiger partial charge >= 0.3 is 12.2 Å². The maximum Gasteiger partial charge on any atom is 0.416 e. The first-order chi connectivity index (χ1) is 16.2. The summed E-state index contributed by atoms with van der Waals surface area (Å²) in [4.78, 5) is 16.7. The maximum atomic E-state index is 13.1. The van der Waals surface area contributed by atoms with Crippen molar-refractivity contribution in [3.63, 3.8) is 0 Å². The first kappa shape index (κ1) is 22.8. The normalized spacial score (nSPS) is 11.2. The Labute approximate surface area is 193 Å². The van der Waals surface area contributed by atoms with Crippen molar-refractivity contribution in [2.24, 2.45) is 7.05 Å². The number of pyridine rings is 1. The number of ether oxygens (including phenoxy) is 1. The number of hydrogen-bond acceptors (Lipinski definition) is 4. The third-order valence-corrected chi connectivity index (χ3v) is 4.86. The highest BCUT2D eigenvalue weighted by molar-refractivity contribution is 5.99. The number of aryl methyl sites for hydroxylation is 2. The highest BCUT2D eigenvalue weighted by atomic mass is 19.4. The van der Waals surface area contributed by atoms with E-state index in [9.17, 15) is 18.0 Å². The predicted octanol–water partition coefficient (Wildman–Crippen LogP) is 6.25. The number of amides is 2. The highest BCUT2D eigenvalue weighted by Gasteiger charge is 2.32. The molecule has 0 unspecified atom stereocenters. The van der Waals surface area contributed by atoms with Crippen LogP contribution in [0.4, 0.5) is 29.3 Å². The molecule has 0 fully saturated rings. The molecule has 0 radical (unpaired) electrons. The molecule has 34 heavy (non-hydrogen) atoms. The van der Waals surface area contributed by atoms with Crippen molar-refractivity contribution in [1.29, 1.82) is 0 Å². The second-order valence-corrected chi connectivity index (χ2v) is 7.52. The number of halogens is 3. The third kappa shape index (κ3) is 5.52. The van der Waals surface area contributed by atoms with E-state index in [0.717, 1.165) is 11.6 Å². The number of urea groups is 1. The molecule has 0 bridgehead atoms. The molecule has 174 valence electrons. The summed E-state index contributed by atoms with van der Waals surface area (Å²) in [5.74, 6) is 0.991. The molecular formula is C24H20F3N5O2. The van der Waals surface area contributed by atoms with Gasteiger partial charge in [0, 0.05) is 48.5 Å². The molecule has 0 atom stereocenters. The minimum absolute atomic E-state index is 0.0301. The zero-order valence-electron chi connectivity index (χ0n) is 18.2. The van der Waals surface area contributed by atoms with Crippen molar-refractivity contribution in [3.8, 4) is 22.8 Å². The highest BCUT2D eigenvalue weighted by Crippen LogP contribution is 2.33. The van der Waals surface area contributed by atoms with E-state index in [0.29, 0.717) is 22.9 Å². The number of rotatable bonds is 5. The lowest BCUT2D eigenvalue weighted by Gasteiger charge is -2.13. The molecule has 10 heteroatoms. The average Bonchev–Trinajstić information content (AvgIpc) is 3.21. The molecule has 2 aromatic heterocycles. The Hall–Kier alpha value is -4.34. The maximum absolute atomic E-state index is 13.1. The minimum atomic E-state index is -4.51. The van der Waals surface area contributed by atoms with E-state index in [2.05, 4.69) is 20.7 Å². The molecule has 2 N–H and O–H groups in total. The van der Waals surface area contributed by atoms with Crippen molar-refractivity contribution in [2.45, 2.75) is 13.1 Å². The van der Waals surface area contributed by atoms with Crippen LogP contribution in [0.1, 0.15) is 11.1 Å². The largest absolute Gasteiger partial charge is 0.457 e. The minimum Gasteiger partial charge on any atom is -0.457 e. The standard InChI is InChI=1S/C24H20F3N5O2/c1-15-6-7-18(11-21(15)24(25,26)27)31-23(33)30-17-4-3-5-19(10-17)34-20-8-9-28-22(12-20)16-13-29-32(2)14-16/h3-14H,1-2H3,(H2,30,31,33). The molecule has 0 aliphatic carbocycles. The predicted molar refractivity (Wildman–Crippen MR) is 122 cm³/mol. The van der Waals surface area contributed by atoms with Gasteiger partial charge in [0.2, 0.25) is 0 Å². The van der Waals surface area contributed by atoms with Crippen LogP contribution in [0.5, 0.6) is 11.5 Å². The van der Waals surface area contributed by atoms with Gasteiger partial charge in [0.05, 0.1) is 17.5 Å². The lowest BCUT2D eigenvalue weighted by Crippen LogP contribution is -2.20. The molecule has 0 saturated carbocycles. The van der Waals surface area contributed by atoms with Crippen LogP contribution in [-0.2, 0) is 13.2 Å². The van der Waals surface area contributed by atoms with Gasteiger partial charge in [-0.2, -0.15) is 18.3 Å². The summed E-state index contributed by atoms with van der Waals surface area (Å²) in [5.41, 5.74) is 1.23. The summed E-state index contributed by atoms with van der Waals surface area (Å²) >= 11 is 0. The summed E-state index contributed by atoms with van der Waals surface area (Å²) < 4.78 is 46.9. The van der Waals surface area contributed by atoms with Gasteiger partial charge in [-0.05, 0) is 42.8 Å². The van der Waals surface area contributed by atoms with Gasteiger partial charge in [-0.1, -0.05) is 12.1 Å². The molecule has 4 rings (SSSR count). The lowest BCUT2D eigenvalue weighted by atomic mass is 10.1. The molecule has 0 aliphatic rings. The monoisotopic (exact) mass is 467 g/mol. The number of benzene rings is 2. The second kappa shape index (κ2) is 9.26. The van der Waals surface area contributed by atoms with Crippen LogP contribution in [-0.4, -0.2) is 20.8 Å². The second-order valence-electron chi connectivity index (χ2n) is 7.52. The van der Waals surface area contributed by atoms with Crippen LogP contribution in [0, 0.1) is 6.92 Å². The Morgan fingerprint density at radius 1 is 1.00 bits per heavy atom. The van der Waals surface area contributed by atoms with Crippen molar-refractivity contribution in [3.05, 3.63) is 84.3 Å². The fraction of sp³-hybridized carbons (Fsp3) is 0.125. The van der Waals surface area contributed by atoms with E-state index in [1.165, 1.54) is 19.1 Å².